The Morgan fingerprint density at radius 3 is 2.90 bits per heavy atom. The van der Waals surface area contributed by atoms with Crippen LogP contribution < -0.4 is 4.74 Å². The van der Waals surface area contributed by atoms with Crippen molar-refractivity contribution in [3.63, 3.8) is 0 Å². The van der Waals surface area contributed by atoms with Crippen LogP contribution in [0.1, 0.15) is 21.5 Å². The van der Waals surface area contributed by atoms with E-state index in [0.29, 0.717) is 35.5 Å². The first-order valence-corrected chi connectivity index (χ1v) is 6.72. The molecular formula is C18H13NO2. The van der Waals surface area contributed by atoms with Crippen molar-refractivity contribution in [3.05, 3.63) is 76.9 Å². The third-order valence-electron chi connectivity index (χ3n) is 3.45. The molecule has 0 unspecified atom stereocenters. The molecule has 0 aromatic heterocycles. The standard InChI is InChI=1S/C18H13NO2/c19-11-14-5-3-4-13(10-14)8-9-15-12-21-17-7-2-1-6-16(17)18(15)20/h1-7,9-10H,8,12H2/b15-9+. The molecule has 0 radical (unpaired) electrons. The van der Waals surface area contributed by atoms with Crippen LogP contribution in [0, 0.1) is 11.3 Å². The number of para-hydroxylation sites is 1. The summed E-state index contributed by atoms with van der Waals surface area (Å²) >= 11 is 0. The zero-order valence-corrected chi connectivity index (χ0v) is 11.4. The van der Waals surface area contributed by atoms with Crippen molar-refractivity contribution in [1.82, 2.24) is 0 Å². The molecule has 3 rings (SSSR count). The van der Waals surface area contributed by atoms with Crippen molar-refractivity contribution < 1.29 is 9.53 Å². The first-order chi connectivity index (χ1) is 10.3. The SMILES string of the molecule is N#Cc1cccc(C/C=C2\COc3ccccc3C2=O)c1. The molecule has 0 N–H and O–H groups in total. The quantitative estimate of drug-likeness (QED) is 0.790. The van der Waals surface area contributed by atoms with Crippen LogP contribution in [-0.2, 0) is 6.42 Å². The lowest BCUT2D eigenvalue weighted by Gasteiger charge is -2.18. The molecule has 1 aliphatic rings. The third-order valence-corrected chi connectivity index (χ3v) is 3.45. The van der Waals surface area contributed by atoms with Crippen LogP contribution in [0.2, 0.25) is 0 Å². The molecule has 0 amide bonds. The number of benzene rings is 2. The first kappa shape index (κ1) is 13.1. The van der Waals surface area contributed by atoms with Crippen LogP contribution in [0.5, 0.6) is 5.75 Å². The predicted octanol–water partition coefficient (Wildman–Crippen LogP) is 3.30. The van der Waals surface area contributed by atoms with E-state index in [2.05, 4.69) is 6.07 Å². The van der Waals surface area contributed by atoms with Gasteiger partial charge in [-0.05, 0) is 36.2 Å². The maximum Gasteiger partial charge on any atom is 0.195 e. The monoisotopic (exact) mass is 275 g/mol. The highest BCUT2D eigenvalue weighted by molar-refractivity contribution is 6.11. The molecule has 21 heavy (non-hydrogen) atoms. The number of carbonyl (C=O) groups excluding carboxylic acids is 1. The van der Waals surface area contributed by atoms with Gasteiger partial charge in [0.2, 0.25) is 0 Å². The summed E-state index contributed by atoms with van der Waals surface area (Å²) in [6.07, 6.45) is 2.50. The average molecular weight is 275 g/mol. The Bertz CT molecular complexity index is 769. The van der Waals surface area contributed by atoms with Crippen LogP contribution in [-0.4, -0.2) is 12.4 Å². The molecule has 3 nitrogen and oxygen atoms in total. The van der Waals surface area contributed by atoms with E-state index >= 15 is 0 Å². The lowest BCUT2D eigenvalue weighted by Crippen LogP contribution is -2.19. The maximum atomic E-state index is 12.4. The lowest BCUT2D eigenvalue weighted by atomic mass is 9.98. The number of Topliss-reactive ketones (excluding diaryl/α,β-unsaturated/α-hetero) is 1. The Morgan fingerprint density at radius 1 is 1.19 bits per heavy atom. The van der Waals surface area contributed by atoms with Gasteiger partial charge >= 0.3 is 0 Å². The van der Waals surface area contributed by atoms with Crippen LogP contribution in [0.15, 0.2) is 60.2 Å². The van der Waals surface area contributed by atoms with E-state index in [4.69, 9.17) is 10.00 Å². The second-order valence-electron chi connectivity index (χ2n) is 4.86. The highest BCUT2D eigenvalue weighted by atomic mass is 16.5. The van der Waals surface area contributed by atoms with Gasteiger partial charge in [0.25, 0.3) is 0 Å². The Labute approximate surface area is 123 Å². The highest BCUT2D eigenvalue weighted by Gasteiger charge is 2.22. The molecule has 102 valence electrons. The Hall–Kier alpha value is -2.86. The number of hydrogen-bond acceptors (Lipinski definition) is 3. The number of carbonyl (C=O) groups is 1. The van der Waals surface area contributed by atoms with Gasteiger partial charge in [0, 0.05) is 5.57 Å². The fourth-order valence-corrected chi connectivity index (χ4v) is 2.33. The molecule has 0 fully saturated rings. The number of nitriles is 1. The summed E-state index contributed by atoms with van der Waals surface area (Å²) in [7, 11) is 0. The van der Waals surface area contributed by atoms with Gasteiger partial charge in [0.1, 0.15) is 12.4 Å². The molecule has 0 spiro atoms. The number of allylic oxidation sites excluding steroid dienone is 1. The maximum absolute atomic E-state index is 12.4. The number of nitrogens with zero attached hydrogens (tertiary/aromatic N) is 1. The predicted molar refractivity (Wildman–Crippen MR) is 79.2 cm³/mol. The van der Waals surface area contributed by atoms with E-state index in [1.807, 2.05) is 36.4 Å². The molecule has 0 saturated heterocycles. The zero-order chi connectivity index (χ0) is 14.7. The van der Waals surface area contributed by atoms with Crippen molar-refractivity contribution in [1.29, 1.82) is 5.26 Å². The second kappa shape index (κ2) is 5.64. The van der Waals surface area contributed by atoms with Crippen molar-refractivity contribution in [2.45, 2.75) is 6.42 Å². The summed E-state index contributed by atoms with van der Waals surface area (Å²) in [6, 6.07) is 16.8. The van der Waals surface area contributed by atoms with Gasteiger partial charge in [0.05, 0.1) is 17.2 Å². The minimum Gasteiger partial charge on any atom is -0.488 e. The van der Waals surface area contributed by atoms with Crippen molar-refractivity contribution in [2.75, 3.05) is 6.61 Å². The largest absolute Gasteiger partial charge is 0.488 e. The molecule has 0 bridgehead atoms. The smallest absolute Gasteiger partial charge is 0.195 e. The van der Waals surface area contributed by atoms with Crippen molar-refractivity contribution in [3.8, 4) is 11.8 Å². The Morgan fingerprint density at radius 2 is 2.05 bits per heavy atom. The zero-order valence-electron chi connectivity index (χ0n) is 11.4. The molecule has 2 aromatic rings. The molecule has 1 aliphatic heterocycles. The average Bonchev–Trinajstić information content (AvgIpc) is 2.55. The molecule has 3 heteroatoms. The van der Waals surface area contributed by atoms with E-state index in [-0.39, 0.29) is 5.78 Å². The van der Waals surface area contributed by atoms with E-state index < -0.39 is 0 Å². The topological polar surface area (TPSA) is 50.1 Å². The summed E-state index contributed by atoms with van der Waals surface area (Å²) in [5.41, 5.74) is 2.91. The van der Waals surface area contributed by atoms with Crippen molar-refractivity contribution >= 4 is 5.78 Å². The number of fused-ring (bicyclic) bond motifs is 1. The first-order valence-electron chi connectivity index (χ1n) is 6.72. The minimum atomic E-state index is 0.0216. The van der Waals surface area contributed by atoms with Crippen LogP contribution in [0.3, 0.4) is 0 Å². The van der Waals surface area contributed by atoms with Crippen LogP contribution in [0.4, 0.5) is 0 Å². The van der Waals surface area contributed by atoms with Gasteiger partial charge in [-0.25, -0.2) is 0 Å². The molecule has 0 atom stereocenters. The number of rotatable bonds is 2. The van der Waals surface area contributed by atoms with Gasteiger partial charge in [-0.2, -0.15) is 5.26 Å². The molecule has 0 saturated carbocycles. The van der Waals surface area contributed by atoms with E-state index in [1.54, 1.807) is 18.2 Å². The van der Waals surface area contributed by atoms with Gasteiger partial charge in [-0.1, -0.05) is 30.3 Å². The molecule has 2 aromatic carbocycles. The summed E-state index contributed by atoms with van der Waals surface area (Å²) in [5.74, 6) is 0.666. The number of hydrogen-bond donors (Lipinski definition) is 0. The minimum absolute atomic E-state index is 0.0216. The Kier molecular flexibility index (Phi) is 3.53. The Balaban J connectivity index is 1.82. The molecule has 0 aliphatic carbocycles. The lowest BCUT2D eigenvalue weighted by molar-refractivity contribution is 0.0999. The van der Waals surface area contributed by atoms with Gasteiger partial charge in [-0.3, -0.25) is 4.79 Å². The van der Waals surface area contributed by atoms with Crippen LogP contribution in [0.25, 0.3) is 0 Å². The molecular weight excluding hydrogens is 262 g/mol. The normalized spacial score (nSPS) is 15.2. The van der Waals surface area contributed by atoms with Gasteiger partial charge < -0.3 is 4.74 Å². The van der Waals surface area contributed by atoms with E-state index in [9.17, 15) is 4.79 Å². The second-order valence-corrected chi connectivity index (χ2v) is 4.86. The van der Waals surface area contributed by atoms with Gasteiger partial charge in [0.15, 0.2) is 5.78 Å². The summed E-state index contributed by atoms with van der Waals surface area (Å²) in [5, 5.41) is 8.89. The molecule has 1 heterocycles. The van der Waals surface area contributed by atoms with Crippen molar-refractivity contribution in [2.24, 2.45) is 0 Å². The van der Waals surface area contributed by atoms with E-state index in [0.717, 1.165) is 5.56 Å². The number of ketones is 1. The van der Waals surface area contributed by atoms with E-state index in [1.165, 1.54) is 0 Å². The fourth-order valence-electron chi connectivity index (χ4n) is 2.33. The fraction of sp³-hybridized carbons (Fsp3) is 0.111. The number of ether oxygens (including phenoxy) is 1. The third kappa shape index (κ3) is 2.70. The highest BCUT2D eigenvalue weighted by Crippen LogP contribution is 2.26. The summed E-state index contributed by atoms with van der Waals surface area (Å²) < 4.78 is 5.60. The van der Waals surface area contributed by atoms with Crippen LogP contribution >= 0.6 is 0 Å². The summed E-state index contributed by atoms with van der Waals surface area (Å²) in [4.78, 5) is 12.4. The summed E-state index contributed by atoms with van der Waals surface area (Å²) in [6.45, 7) is 0.299. The van der Waals surface area contributed by atoms with Gasteiger partial charge in [-0.15, -0.1) is 0 Å².